The lowest BCUT2D eigenvalue weighted by Crippen LogP contribution is -2.30. The predicted molar refractivity (Wildman–Crippen MR) is 67.1 cm³/mol. The van der Waals surface area contributed by atoms with Gasteiger partial charge in [0.05, 0.1) is 25.5 Å². The molecule has 1 unspecified atom stereocenters. The Kier molecular flexibility index (Phi) is 5.16. The van der Waals surface area contributed by atoms with Crippen molar-refractivity contribution in [1.29, 1.82) is 0 Å². The Morgan fingerprint density at radius 1 is 1.61 bits per heavy atom. The smallest absolute Gasteiger partial charge is 0.208 e. The highest BCUT2D eigenvalue weighted by atomic mass is 16.5. The molecule has 0 radical (unpaired) electrons. The van der Waals surface area contributed by atoms with Gasteiger partial charge in [-0.15, -0.1) is 0 Å². The molecule has 2 N–H and O–H groups in total. The second kappa shape index (κ2) is 6.87. The zero-order valence-corrected chi connectivity index (χ0v) is 10.9. The number of aliphatic hydroxyl groups is 1. The summed E-state index contributed by atoms with van der Waals surface area (Å²) in [4.78, 5) is 4.14. The standard InChI is InChI=1S/C13H22N2O3/c1-2-12-6-15-13(18-12)7-14-5-11(16)9-17-8-10-3-4-10/h6,10-11,14,16H,2-5,7-9H2,1H3. The molecule has 1 heterocycles. The van der Waals surface area contributed by atoms with Crippen LogP contribution < -0.4 is 5.32 Å². The van der Waals surface area contributed by atoms with Gasteiger partial charge in [0.15, 0.2) is 0 Å². The largest absolute Gasteiger partial charge is 0.444 e. The third-order valence-electron chi connectivity index (χ3n) is 2.97. The molecule has 18 heavy (non-hydrogen) atoms. The van der Waals surface area contributed by atoms with Crippen molar-refractivity contribution in [3.05, 3.63) is 17.8 Å². The van der Waals surface area contributed by atoms with E-state index in [0.29, 0.717) is 25.6 Å². The average Bonchev–Trinajstić information content (AvgIpc) is 3.07. The first kappa shape index (κ1) is 13.5. The van der Waals surface area contributed by atoms with E-state index < -0.39 is 6.10 Å². The summed E-state index contributed by atoms with van der Waals surface area (Å²) in [5.74, 6) is 2.29. The Morgan fingerprint density at radius 3 is 3.11 bits per heavy atom. The molecular weight excluding hydrogens is 232 g/mol. The van der Waals surface area contributed by atoms with Crippen molar-refractivity contribution in [3.8, 4) is 0 Å². The maximum atomic E-state index is 9.67. The fourth-order valence-corrected chi connectivity index (χ4v) is 1.65. The number of aliphatic hydroxyl groups excluding tert-OH is 1. The fraction of sp³-hybridized carbons (Fsp3) is 0.769. The SMILES string of the molecule is CCc1cnc(CNCC(O)COCC2CC2)o1. The van der Waals surface area contributed by atoms with Crippen LogP contribution in [0.4, 0.5) is 0 Å². The number of ether oxygens (including phenoxy) is 1. The van der Waals surface area contributed by atoms with Crippen molar-refractivity contribution in [3.63, 3.8) is 0 Å². The van der Waals surface area contributed by atoms with Crippen LogP contribution in [0.15, 0.2) is 10.6 Å². The first-order valence-electron chi connectivity index (χ1n) is 6.68. The van der Waals surface area contributed by atoms with Crippen LogP contribution in [0.5, 0.6) is 0 Å². The molecule has 1 aliphatic rings. The molecule has 5 nitrogen and oxygen atoms in total. The summed E-state index contributed by atoms with van der Waals surface area (Å²) in [5.41, 5.74) is 0. The summed E-state index contributed by atoms with van der Waals surface area (Å²) in [6, 6.07) is 0. The summed E-state index contributed by atoms with van der Waals surface area (Å²) in [6.07, 6.45) is 4.68. The molecule has 102 valence electrons. The number of nitrogens with zero attached hydrogens (tertiary/aromatic N) is 1. The number of hydrogen-bond donors (Lipinski definition) is 2. The predicted octanol–water partition coefficient (Wildman–Crippen LogP) is 1.11. The van der Waals surface area contributed by atoms with Crippen molar-refractivity contribution in [2.24, 2.45) is 5.92 Å². The highest BCUT2D eigenvalue weighted by molar-refractivity contribution is 4.93. The first-order chi connectivity index (χ1) is 8.78. The maximum Gasteiger partial charge on any atom is 0.208 e. The Hall–Kier alpha value is -0.910. The quantitative estimate of drug-likeness (QED) is 0.691. The molecule has 2 rings (SSSR count). The number of aryl methyl sites for hydroxylation is 1. The van der Waals surface area contributed by atoms with Crippen LogP contribution in [0, 0.1) is 5.92 Å². The molecule has 0 spiro atoms. The van der Waals surface area contributed by atoms with Gasteiger partial charge in [0.25, 0.3) is 0 Å². The van der Waals surface area contributed by atoms with Gasteiger partial charge in [-0.25, -0.2) is 4.98 Å². The lowest BCUT2D eigenvalue weighted by Gasteiger charge is -2.11. The van der Waals surface area contributed by atoms with Crippen molar-refractivity contribution in [1.82, 2.24) is 10.3 Å². The molecule has 0 aliphatic heterocycles. The topological polar surface area (TPSA) is 67.5 Å². The second-order valence-corrected chi connectivity index (χ2v) is 4.84. The monoisotopic (exact) mass is 254 g/mol. The van der Waals surface area contributed by atoms with E-state index in [4.69, 9.17) is 9.15 Å². The van der Waals surface area contributed by atoms with E-state index in [1.165, 1.54) is 12.8 Å². The Balaban J connectivity index is 1.53. The van der Waals surface area contributed by atoms with Crippen molar-refractivity contribution in [2.75, 3.05) is 19.8 Å². The molecule has 1 atom stereocenters. The molecule has 1 aliphatic carbocycles. The van der Waals surface area contributed by atoms with E-state index in [-0.39, 0.29) is 0 Å². The van der Waals surface area contributed by atoms with Crippen LogP contribution in [0.2, 0.25) is 0 Å². The summed E-state index contributed by atoms with van der Waals surface area (Å²) >= 11 is 0. The minimum absolute atomic E-state index is 0.398. The minimum Gasteiger partial charge on any atom is -0.444 e. The number of rotatable bonds is 9. The van der Waals surface area contributed by atoms with Crippen LogP contribution in [0.1, 0.15) is 31.4 Å². The lowest BCUT2D eigenvalue weighted by molar-refractivity contribution is 0.0322. The lowest BCUT2D eigenvalue weighted by atomic mass is 10.3. The van der Waals surface area contributed by atoms with Crippen molar-refractivity contribution >= 4 is 0 Å². The van der Waals surface area contributed by atoms with E-state index in [2.05, 4.69) is 10.3 Å². The summed E-state index contributed by atoms with van der Waals surface area (Å²) in [7, 11) is 0. The molecule has 0 aromatic carbocycles. The third-order valence-corrected chi connectivity index (χ3v) is 2.97. The minimum atomic E-state index is -0.468. The van der Waals surface area contributed by atoms with E-state index in [1.807, 2.05) is 6.92 Å². The normalized spacial score (nSPS) is 17.0. The van der Waals surface area contributed by atoms with Gasteiger partial charge in [-0.1, -0.05) is 6.92 Å². The fourth-order valence-electron chi connectivity index (χ4n) is 1.65. The van der Waals surface area contributed by atoms with Gasteiger partial charge in [0.1, 0.15) is 5.76 Å². The van der Waals surface area contributed by atoms with Gasteiger partial charge < -0.3 is 19.6 Å². The zero-order valence-electron chi connectivity index (χ0n) is 10.9. The van der Waals surface area contributed by atoms with Crippen LogP contribution in [-0.2, 0) is 17.7 Å². The Labute approximate surface area is 108 Å². The molecule has 0 amide bonds. The molecule has 0 bridgehead atoms. The van der Waals surface area contributed by atoms with Gasteiger partial charge >= 0.3 is 0 Å². The van der Waals surface area contributed by atoms with E-state index in [9.17, 15) is 5.11 Å². The second-order valence-electron chi connectivity index (χ2n) is 4.84. The van der Waals surface area contributed by atoms with E-state index >= 15 is 0 Å². The van der Waals surface area contributed by atoms with Gasteiger partial charge in [0.2, 0.25) is 5.89 Å². The molecular formula is C13H22N2O3. The molecule has 0 saturated heterocycles. The van der Waals surface area contributed by atoms with Crippen LogP contribution >= 0.6 is 0 Å². The Morgan fingerprint density at radius 2 is 2.44 bits per heavy atom. The number of hydrogen-bond acceptors (Lipinski definition) is 5. The van der Waals surface area contributed by atoms with Crippen molar-refractivity contribution in [2.45, 2.75) is 38.8 Å². The average molecular weight is 254 g/mol. The van der Waals surface area contributed by atoms with Gasteiger partial charge in [-0.2, -0.15) is 0 Å². The molecule has 1 aromatic heterocycles. The molecule has 1 aromatic rings. The summed E-state index contributed by atoms with van der Waals surface area (Å²) in [6.45, 7) is 4.25. The molecule has 1 saturated carbocycles. The van der Waals surface area contributed by atoms with Crippen LogP contribution in [0.25, 0.3) is 0 Å². The van der Waals surface area contributed by atoms with Gasteiger partial charge in [-0.3, -0.25) is 0 Å². The van der Waals surface area contributed by atoms with Crippen LogP contribution in [0.3, 0.4) is 0 Å². The summed E-state index contributed by atoms with van der Waals surface area (Å²) < 4.78 is 10.9. The summed E-state index contributed by atoms with van der Waals surface area (Å²) in [5, 5.41) is 12.8. The Bertz CT molecular complexity index is 350. The van der Waals surface area contributed by atoms with Gasteiger partial charge in [-0.05, 0) is 18.8 Å². The maximum absolute atomic E-state index is 9.67. The van der Waals surface area contributed by atoms with E-state index in [1.54, 1.807) is 6.20 Å². The number of oxazole rings is 1. The molecule has 1 fully saturated rings. The highest BCUT2D eigenvalue weighted by Crippen LogP contribution is 2.28. The number of nitrogens with one attached hydrogen (secondary N) is 1. The van der Waals surface area contributed by atoms with Crippen LogP contribution in [-0.4, -0.2) is 36.0 Å². The number of aromatic nitrogens is 1. The van der Waals surface area contributed by atoms with Gasteiger partial charge in [0, 0.05) is 19.6 Å². The van der Waals surface area contributed by atoms with Crippen molar-refractivity contribution < 1.29 is 14.3 Å². The van der Waals surface area contributed by atoms with E-state index in [0.717, 1.165) is 24.7 Å². The molecule has 5 heteroatoms. The first-order valence-corrected chi connectivity index (χ1v) is 6.68. The third kappa shape index (κ3) is 4.76. The zero-order chi connectivity index (χ0) is 12.8. The highest BCUT2D eigenvalue weighted by Gasteiger charge is 2.21.